The first-order valence-electron chi connectivity index (χ1n) is 8.47. The summed E-state index contributed by atoms with van der Waals surface area (Å²) in [6, 6.07) is 0.595. The maximum atomic E-state index is 9.74. The number of rotatable bonds is 2. The van der Waals surface area contributed by atoms with E-state index in [1.807, 2.05) is 11.4 Å². The molecule has 1 atom stereocenters. The van der Waals surface area contributed by atoms with Crippen molar-refractivity contribution < 1.29 is 5.11 Å². The molecule has 0 saturated carbocycles. The third-order valence-corrected chi connectivity index (χ3v) is 5.35. The summed E-state index contributed by atoms with van der Waals surface area (Å²) in [7, 11) is 0. The number of piperidine rings is 1. The molecule has 0 bridgehead atoms. The molecule has 2 aromatic heterocycles. The quantitative estimate of drug-likeness (QED) is 0.883. The van der Waals surface area contributed by atoms with Gasteiger partial charge in [-0.1, -0.05) is 0 Å². The van der Waals surface area contributed by atoms with E-state index in [-0.39, 0.29) is 6.10 Å². The minimum Gasteiger partial charge on any atom is -0.392 e. The molecular formula is C16H24N6O. The van der Waals surface area contributed by atoms with E-state index in [1.54, 1.807) is 6.33 Å². The predicted octanol–water partition coefficient (Wildman–Crippen LogP) is 0.777. The number of aliphatic hydroxyl groups is 1. The highest BCUT2D eigenvalue weighted by Gasteiger charge is 2.31. The van der Waals surface area contributed by atoms with Gasteiger partial charge < -0.3 is 10.0 Å². The van der Waals surface area contributed by atoms with Gasteiger partial charge in [-0.2, -0.15) is 14.6 Å². The number of likely N-dealkylation sites (tertiary alicyclic amines) is 1. The number of hydrogen-bond donors (Lipinski definition) is 1. The number of aromatic nitrogens is 4. The lowest BCUT2D eigenvalue weighted by Gasteiger charge is -2.38. The molecule has 1 unspecified atom stereocenters. The summed E-state index contributed by atoms with van der Waals surface area (Å²) in [6.07, 6.45) is 4.62. The predicted molar refractivity (Wildman–Crippen MR) is 87.7 cm³/mol. The molecule has 7 heteroatoms. The Morgan fingerprint density at radius 3 is 2.61 bits per heavy atom. The molecule has 2 saturated heterocycles. The summed E-state index contributed by atoms with van der Waals surface area (Å²) in [5.41, 5.74) is 2.20. The van der Waals surface area contributed by atoms with Gasteiger partial charge >= 0.3 is 0 Å². The molecule has 2 aromatic rings. The minimum atomic E-state index is -0.132. The van der Waals surface area contributed by atoms with Crippen LogP contribution in [0.2, 0.25) is 0 Å². The molecular weight excluding hydrogens is 292 g/mol. The summed E-state index contributed by atoms with van der Waals surface area (Å²) < 4.78 is 1.86. The zero-order chi connectivity index (χ0) is 16.0. The van der Waals surface area contributed by atoms with Crippen molar-refractivity contribution in [1.29, 1.82) is 0 Å². The van der Waals surface area contributed by atoms with Crippen molar-refractivity contribution in [1.82, 2.24) is 24.5 Å². The van der Waals surface area contributed by atoms with Crippen LogP contribution in [0.15, 0.2) is 6.33 Å². The number of fused-ring (bicyclic) bond motifs is 1. The van der Waals surface area contributed by atoms with E-state index >= 15 is 0 Å². The lowest BCUT2D eigenvalue weighted by molar-refractivity contribution is 0.148. The fraction of sp³-hybridized carbons (Fsp3) is 0.688. The van der Waals surface area contributed by atoms with E-state index in [2.05, 4.69) is 31.8 Å². The minimum absolute atomic E-state index is 0.132. The van der Waals surface area contributed by atoms with Gasteiger partial charge in [0.1, 0.15) is 12.1 Å². The maximum Gasteiger partial charge on any atom is 0.254 e. The Kier molecular flexibility index (Phi) is 3.69. The molecule has 2 fully saturated rings. The van der Waals surface area contributed by atoms with Crippen LogP contribution in [0.1, 0.15) is 30.5 Å². The van der Waals surface area contributed by atoms with Gasteiger partial charge in [0.05, 0.1) is 6.10 Å². The molecule has 124 valence electrons. The van der Waals surface area contributed by atoms with E-state index in [4.69, 9.17) is 0 Å². The molecule has 1 N–H and O–H groups in total. The second kappa shape index (κ2) is 5.72. The largest absolute Gasteiger partial charge is 0.392 e. The first-order chi connectivity index (χ1) is 11.1. The van der Waals surface area contributed by atoms with Gasteiger partial charge in [-0.15, -0.1) is 0 Å². The highest BCUT2D eigenvalue weighted by molar-refractivity contribution is 5.54. The van der Waals surface area contributed by atoms with E-state index in [0.29, 0.717) is 11.8 Å². The molecule has 0 radical (unpaired) electrons. The number of aryl methyl sites for hydroxylation is 1. The van der Waals surface area contributed by atoms with Crippen LogP contribution in [0, 0.1) is 13.8 Å². The fourth-order valence-corrected chi connectivity index (χ4v) is 3.93. The molecule has 0 aliphatic carbocycles. The van der Waals surface area contributed by atoms with Crippen molar-refractivity contribution in [3.8, 4) is 0 Å². The van der Waals surface area contributed by atoms with Crippen molar-refractivity contribution in [2.45, 2.75) is 45.3 Å². The number of β-amino-alcohol motifs (C(OH)–C–C–N with tert-alkyl or cyclic N) is 1. The summed E-state index contributed by atoms with van der Waals surface area (Å²) in [6.45, 7) is 8.04. The lowest BCUT2D eigenvalue weighted by Crippen LogP contribution is -2.45. The van der Waals surface area contributed by atoms with Crippen molar-refractivity contribution in [3.05, 3.63) is 17.6 Å². The third-order valence-electron chi connectivity index (χ3n) is 5.35. The van der Waals surface area contributed by atoms with Crippen LogP contribution in [0.4, 0.5) is 5.82 Å². The van der Waals surface area contributed by atoms with Gasteiger partial charge in [-0.05, 0) is 33.1 Å². The van der Waals surface area contributed by atoms with Crippen LogP contribution in [0.5, 0.6) is 0 Å². The van der Waals surface area contributed by atoms with E-state index in [0.717, 1.165) is 57.0 Å². The van der Waals surface area contributed by atoms with Crippen molar-refractivity contribution >= 4 is 11.6 Å². The van der Waals surface area contributed by atoms with Gasteiger partial charge in [0.15, 0.2) is 0 Å². The molecule has 0 aromatic carbocycles. The average molecular weight is 316 g/mol. The topological polar surface area (TPSA) is 69.8 Å². The van der Waals surface area contributed by atoms with E-state index in [1.165, 1.54) is 5.56 Å². The fourth-order valence-electron chi connectivity index (χ4n) is 3.93. The first kappa shape index (κ1) is 14.8. The van der Waals surface area contributed by atoms with Gasteiger partial charge in [-0.3, -0.25) is 4.90 Å². The Hall–Kier alpha value is -1.73. The molecule has 4 rings (SSSR count). The Morgan fingerprint density at radius 1 is 1.13 bits per heavy atom. The molecule has 2 aliphatic rings. The van der Waals surface area contributed by atoms with Crippen LogP contribution in [0.25, 0.3) is 5.78 Å². The Balaban J connectivity index is 1.54. The highest BCUT2D eigenvalue weighted by Crippen LogP contribution is 2.28. The van der Waals surface area contributed by atoms with Gasteiger partial charge in [0.2, 0.25) is 0 Å². The van der Waals surface area contributed by atoms with Crippen LogP contribution in [-0.4, -0.2) is 67.9 Å². The molecule has 4 heterocycles. The number of aliphatic hydroxyl groups excluding tert-OH is 1. The smallest absolute Gasteiger partial charge is 0.254 e. The SMILES string of the molecule is Cc1nc2ncnn2c(N2CCC(N3CCC(O)C3)CC2)c1C. The zero-order valence-electron chi connectivity index (χ0n) is 13.8. The van der Waals surface area contributed by atoms with Crippen LogP contribution >= 0.6 is 0 Å². The van der Waals surface area contributed by atoms with E-state index in [9.17, 15) is 5.11 Å². The number of anilines is 1. The molecule has 0 amide bonds. The monoisotopic (exact) mass is 316 g/mol. The number of nitrogens with zero attached hydrogens (tertiary/aromatic N) is 6. The summed E-state index contributed by atoms with van der Waals surface area (Å²) >= 11 is 0. The highest BCUT2D eigenvalue weighted by atomic mass is 16.3. The summed E-state index contributed by atoms with van der Waals surface area (Å²) in [4.78, 5) is 13.6. The second-order valence-electron chi connectivity index (χ2n) is 6.77. The summed E-state index contributed by atoms with van der Waals surface area (Å²) in [5.74, 6) is 1.80. The molecule has 23 heavy (non-hydrogen) atoms. The van der Waals surface area contributed by atoms with Crippen LogP contribution in [-0.2, 0) is 0 Å². The average Bonchev–Trinajstić information content (AvgIpc) is 3.17. The van der Waals surface area contributed by atoms with E-state index < -0.39 is 0 Å². The molecule has 7 nitrogen and oxygen atoms in total. The normalized spacial score (nSPS) is 24.0. The van der Waals surface area contributed by atoms with Crippen molar-refractivity contribution in [3.63, 3.8) is 0 Å². The Labute approximate surface area is 135 Å². The van der Waals surface area contributed by atoms with Gasteiger partial charge in [0, 0.05) is 43.5 Å². The standard InChI is InChI=1S/C16H24N6O/c1-11-12(2)19-16-17-10-18-22(16)15(11)20-6-3-13(4-7-20)21-8-5-14(23)9-21/h10,13-14,23H,3-9H2,1-2H3. The Bertz CT molecular complexity index is 706. The van der Waals surface area contributed by atoms with Crippen LogP contribution < -0.4 is 4.90 Å². The van der Waals surface area contributed by atoms with Crippen molar-refractivity contribution in [2.75, 3.05) is 31.1 Å². The maximum absolute atomic E-state index is 9.74. The first-order valence-corrected chi connectivity index (χ1v) is 8.47. The summed E-state index contributed by atoms with van der Waals surface area (Å²) in [5, 5.41) is 14.1. The number of hydrogen-bond acceptors (Lipinski definition) is 6. The van der Waals surface area contributed by atoms with Crippen LogP contribution in [0.3, 0.4) is 0 Å². The van der Waals surface area contributed by atoms with Gasteiger partial charge in [0.25, 0.3) is 5.78 Å². The molecule has 2 aliphatic heterocycles. The second-order valence-corrected chi connectivity index (χ2v) is 6.77. The Morgan fingerprint density at radius 2 is 1.91 bits per heavy atom. The van der Waals surface area contributed by atoms with Gasteiger partial charge in [-0.25, -0.2) is 4.98 Å². The third kappa shape index (κ3) is 2.57. The zero-order valence-corrected chi connectivity index (χ0v) is 13.8. The van der Waals surface area contributed by atoms with Crippen molar-refractivity contribution in [2.24, 2.45) is 0 Å². The lowest BCUT2D eigenvalue weighted by atomic mass is 10.0. The molecule has 0 spiro atoms.